The summed E-state index contributed by atoms with van der Waals surface area (Å²) in [4.78, 5) is 29.9. The van der Waals surface area contributed by atoms with Crippen LogP contribution in [0.2, 0.25) is 5.02 Å². The summed E-state index contributed by atoms with van der Waals surface area (Å²) in [5, 5.41) is 8.73. The Kier molecular flexibility index (Phi) is 9.04. The van der Waals surface area contributed by atoms with Crippen molar-refractivity contribution in [3.05, 3.63) is 40.6 Å². The SMILES string of the molecule is Cc1cc(OCC2(CC(=O)N3CCOCC3)CN(C(=O)CCc3nnc(C(C)C)o3)CCO2)ccc1Cl. The van der Waals surface area contributed by atoms with Gasteiger partial charge in [-0.2, -0.15) is 0 Å². The van der Waals surface area contributed by atoms with Crippen LogP contribution < -0.4 is 4.74 Å². The maximum absolute atomic E-state index is 13.2. The van der Waals surface area contributed by atoms with Crippen LogP contribution in [-0.4, -0.2) is 90.0 Å². The van der Waals surface area contributed by atoms with Crippen LogP contribution in [0.5, 0.6) is 5.75 Å². The summed E-state index contributed by atoms with van der Waals surface area (Å²) < 4.78 is 23.3. The molecule has 1 aromatic carbocycles. The van der Waals surface area contributed by atoms with E-state index in [1.54, 1.807) is 21.9 Å². The van der Waals surface area contributed by atoms with Crippen LogP contribution in [0, 0.1) is 6.92 Å². The largest absolute Gasteiger partial charge is 0.490 e. The van der Waals surface area contributed by atoms with E-state index in [1.165, 1.54) is 0 Å². The molecular weight excluding hydrogens is 500 g/mol. The first-order valence-electron chi connectivity index (χ1n) is 12.7. The molecule has 2 aliphatic heterocycles. The van der Waals surface area contributed by atoms with E-state index in [1.807, 2.05) is 26.8 Å². The van der Waals surface area contributed by atoms with Crippen LogP contribution in [0.4, 0.5) is 0 Å². The number of morpholine rings is 2. The minimum atomic E-state index is -0.980. The average molecular weight is 535 g/mol. The quantitative estimate of drug-likeness (QED) is 0.483. The Bertz CT molecular complexity index is 1090. The molecule has 1 aromatic heterocycles. The molecule has 1 unspecified atom stereocenters. The lowest BCUT2D eigenvalue weighted by molar-refractivity contribution is -0.167. The van der Waals surface area contributed by atoms with E-state index in [9.17, 15) is 9.59 Å². The Morgan fingerprint density at radius 1 is 1.11 bits per heavy atom. The van der Waals surface area contributed by atoms with Gasteiger partial charge in [-0.15, -0.1) is 10.2 Å². The molecule has 2 saturated heterocycles. The molecule has 202 valence electrons. The molecule has 2 aromatic rings. The molecule has 11 heteroatoms. The third kappa shape index (κ3) is 7.21. The number of carbonyl (C=O) groups is 2. The number of hydrogen-bond acceptors (Lipinski definition) is 8. The second kappa shape index (κ2) is 12.2. The first-order valence-corrected chi connectivity index (χ1v) is 13.1. The van der Waals surface area contributed by atoms with E-state index >= 15 is 0 Å². The molecule has 0 radical (unpaired) electrons. The Labute approximate surface area is 222 Å². The molecule has 0 saturated carbocycles. The van der Waals surface area contributed by atoms with Gasteiger partial charge in [-0.3, -0.25) is 9.59 Å². The zero-order chi connectivity index (χ0) is 26.4. The molecule has 0 bridgehead atoms. The second-order valence-corrected chi connectivity index (χ2v) is 10.3. The van der Waals surface area contributed by atoms with Crippen molar-refractivity contribution < 1.29 is 28.2 Å². The number of aryl methyl sites for hydroxylation is 2. The van der Waals surface area contributed by atoms with Gasteiger partial charge in [0, 0.05) is 43.4 Å². The maximum Gasteiger partial charge on any atom is 0.225 e. The number of benzene rings is 1. The van der Waals surface area contributed by atoms with E-state index in [-0.39, 0.29) is 43.7 Å². The molecule has 0 aliphatic carbocycles. The minimum absolute atomic E-state index is 0.0411. The van der Waals surface area contributed by atoms with Gasteiger partial charge < -0.3 is 28.4 Å². The molecule has 2 amide bonds. The molecule has 4 rings (SSSR count). The highest BCUT2D eigenvalue weighted by Gasteiger charge is 2.42. The van der Waals surface area contributed by atoms with Gasteiger partial charge in [-0.25, -0.2) is 0 Å². The fourth-order valence-corrected chi connectivity index (χ4v) is 4.52. The average Bonchev–Trinajstić information content (AvgIpc) is 3.38. The number of halogens is 1. The summed E-state index contributed by atoms with van der Waals surface area (Å²) >= 11 is 6.16. The highest BCUT2D eigenvalue weighted by molar-refractivity contribution is 6.31. The molecule has 1 atom stereocenters. The molecule has 0 spiro atoms. The van der Waals surface area contributed by atoms with Gasteiger partial charge in [0.1, 0.15) is 18.0 Å². The zero-order valence-electron chi connectivity index (χ0n) is 21.7. The first-order chi connectivity index (χ1) is 17.7. The van der Waals surface area contributed by atoms with Crippen LogP contribution in [-0.2, 0) is 25.5 Å². The summed E-state index contributed by atoms with van der Waals surface area (Å²) in [6.45, 7) is 9.06. The number of ether oxygens (including phenoxy) is 3. The van der Waals surface area contributed by atoms with E-state index in [0.29, 0.717) is 68.4 Å². The lowest BCUT2D eigenvalue weighted by Gasteiger charge is -2.43. The molecule has 3 heterocycles. The fourth-order valence-electron chi connectivity index (χ4n) is 4.40. The number of hydrogen-bond donors (Lipinski definition) is 0. The molecule has 2 aliphatic rings. The minimum Gasteiger partial charge on any atom is -0.490 e. The van der Waals surface area contributed by atoms with Crippen molar-refractivity contribution in [3.8, 4) is 5.75 Å². The maximum atomic E-state index is 13.2. The zero-order valence-corrected chi connectivity index (χ0v) is 22.5. The fraction of sp³-hybridized carbons (Fsp3) is 0.615. The van der Waals surface area contributed by atoms with Crippen molar-refractivity contribution in [3.63, 3.8) is 0 Å². The third-order valence-corrected chi connectivity index (χ3v) is 7.02. The van der Waals surface area contributed by atoms with Crippen molar-refractivity contribution in [1.29, 1.82) is 0 Å². The van der Waals surface area contributed by atoms with E-state index in [0.717, 1.165) is 5.56 Å². The lowest BCUT2D eigenvalue weighted by Crippen LogP contribution is -2.58. The van der Waals surface area contributed by atoms with Crippen LogP contribution in [0.25, 0.3) is 0 Å². The Balaban J connectivity index is 1.44. The summed E-state index contributed by atoms with van der Waals surface area (Å²) in [5.74, 6) is 1.66. The van der Waals surface area contributed by atoms with Gasteiger partial charge in [-0.05, 0) is 30.7 Å². The van der Waals surface area contributed by atoms with Crippen molar-refractivity contribution >= 4 is 23.4 Å². The highest BCUT2D eigenvalue weighted by atomic mass is 35.5. The molecular formula is C26H35ClN4O6. The number of amides is 2. The normalized spacial score (nSPS) is 20.4. The van der Waals surface area contributed by atoms with Gasteiger partial charge in [-0.1, -0.05) is 25.4 Å². The van der Waals surface area contributed by atoms with Gasteiger partial charge in [0.05, 0.1) is 32.8 Å². The predicted molar refractivity (Wildman–Crippen MR) is 136 cm³/mol. The molecule has 0 N–H and O–H groups in total. The van der Waals surface area contributed by atoms with Crippen LogP contribution in [0.15, 0.2) is 22.6 Å². The number of aromatic nitrogens is 2. The van der Waals surface area contributed by atoms with E-state index in [4.69, 9.17) is 30.2 Å². The second-order valence-electron chi connectivity index (χ2n) is 9.91. The van der Waals surface area contributed by atoms with E-state index < -0.39 is 5.60 Å². The smallest absolute Gasteiger partial charge is 0.225 e. The summed E-state index contributed by atoms with van der Waals surface area (Å²) in [6, 6.07) is 5.41. The van der Waals surface area contributed by atoms with E-state index in [2.05, 4.69) is 10.2 Å². The standard InChI is InChI=1S/C26H35ClN4O6/c1-18(2)25-29-28-22(37-25)6-7-23(32)31-10-13-36-26(16-31,15-24(33)30-8-11-34-12-9-30)17-35-20-4-5-21(27)19(3)14-20/h4-5,14,18H,6-13,15-17H2,1-3H3. The predicted octanol–water partition coefficient (Wildman–Crippen LogP) is 3.01. The molecule has 37 heavy (non-hydrogen) atoms. The summed E-state index contributed by atoms with van der Waals surface area (Å²) in [7, 11) is 0. The Morgan fingerprint density at radius 2 is 1.86 bits per heavy atom. The van der Waals surface area contributed by atoms with Crippen LogP contribution in [0.3, 0.4) is 0 Å². The molecule has 2 fully saturated rings. The van der Waals surface area contributed by atoms with Gasteiger partial charge in [0.25, 0.3) is 0 Å². The van der Waals surface area contributed by atoms with Gasteiger partial charge in [0.15, 0.2) is 0 Å². The third-order valence-electron chi connectivity index (χ3n) is 6.60. The van der Waals surface area contributed by atoms with Crippen LogP contribution in [0.1, 0.15) is 50.0 Å². The number of carbonyl (C=O) groups excluding carboxylic acids is 2. The molecule has 10 nitrogen and oxygen atoms in total. The summed E-state index contributed by atoms with van der Waals surface area (Å²) in [5.41, 5.74) is -0.0906. The first kappa shape index (κ1) is 27.3. The van der Waals surface area contributed by atoms with Gasteiger partial charge >= 0.3 is 0 Å². The van der Waals surface area contributed by atoms with Crippen molar-refractivity contribution in [1.82, 2.24) is 20.0 Å². The Hall–Kier alpha value is -2.69. The monoisotopic (exact) mass is 534 g/mol. The van der Waals surface area contributed by atoms with Crippen molar-refractivity contribution in [2.45, 2.75) is 51.6 Å². The number of nitrogens with zero attached hydrogens (tertiary/aromatic N) is 4. The summed E-state index contributed by atoms with van der Waals surface area (Å²) in [6.07, 6.45) is 0.686. The van der Waals surface area contributed by atoms with Gasteiger partial charge in [0.2, 0.25) is 23.6 Å². The highest BCUT2D eigenvalue weighted by Crippen LogP contribution is 2.28. The Morgan fingerprint density at radius 3 is 2.57 bits per heavy atom. The topological polar surface area (TPSA) is 107 Å². The number of rotatable bonds is 9. The van der Waals surface area contributed by atoms with Crippen LogP contribution >= 0.6 is 11.6 Å². The lowest BCUT2D eigenvalue weighted by atomic mass is 9.96. The van der Waals surface area contributed by atoms with Crippen molar-refractivity contribution in [2.75, 3.05) is 52.6 Å². The van der Waals surface area contributed by atoms with Crippen molar-refractivity contribution in [2.24, 2.45) is 0 Å².